The van der Waals surface area contributed by atoms with Gasteiger partial charge >= 0.3 is 0 Å². The van der Waals surface area contributed by atoms with Crippen molar-refractivity contribution in [3.8, 4) is 55.6 Å². The quantitative estimate of drug-likeness (QED) is 0.128. The molecule has 0 radical (unpaired) electrons. The Morgan fingerprint density at radius 1 is 0.222 bits per heavy atom. The smallest absolute Gasteiger partial charge is 0.0794 e. The number of benzene rings is 11. The van der Waals surface area contributed by atoms with Crippen molar-refractivity contribution < 1.29 is 0 Å². The molecule has 0 spiro atoms. The van der Waals surface area contributed by atoms with E-state index in [1.807, 2.05) is 24.5 Å². The highest BCUT2D eigenvalue weighted by Crippen LogP contribution is 2.44. The fourth-order valence-corrected chi connectivity index (χ4v) is 11.5. The van der Waals surface area contributed by atoms with E-state index in [-0.39, 0.29) is 0 Å². The molecule has 0 saturated heterocycles. The van der Waals surface area contributed by atoms with Gasteiger partial charge in [0.2, 0.25) is 0 Å². The van der Waals surface area contributed by atoms with Crippen molar-refractivity contribution in [2.75, 3.05) is 0 Å². The highest BCUT2D eigenvalue weighted by Gasteiger charge is 2.19. The van der Waals surface area contributed by atoms with E-state index in [1.165, 1.54) is 16.5 Å². The van der Waals surface area contributed by atoms with Crippen LogP contribution in [0.5, 0.6) is 0 Å². The van der Waals surface area contributed by atoms with Crippen LogP contribution in [0.1, 0.15) is 0 Å². The van der Waals surface area contributed by atoms with Gasteiger partial charge in [-0.25, -0.2) is 9.97 Å². The summed E-state index contributed by atoms with van der Waals surface area (Å²) in [5, 5.41) is 13.6. The van der Waals surface area contributed by atoms with Gasteiger partial charge in [0.1, 0.15) is 0 Å². The number of hydrogen-bond acceptors (Lipinski definition) is 4. The molecule has 4 heterocycles. The first-order chi connectivity index (χ1) is 35.7. The van der Waals surface area contributed by atoms with Crippen molar-refractivity contribution in [1.82, 2.24) is 19.9 Å². The van der Waals surface area contributed by atoms with Gasteiger partial charge in [-0.05, 0) is 98.1 Å². The van der Waals surface area contributed by atoms with Crippen molar-refractivity contribution in [3.63, 3.8) is 0 Å². The first-order valence-electron chi connectivity index (χ1n) is 24.5. The molecular weight excluding hydrogens is 873 g/mol. The molecule has 4 nitrogen and oxygen atoms in total. The molecule has 0 aliphatic carbocycles. The van der Waals surface area contributed by atoms with E-state index < -0.39 is 0 Å². The zero-order valence-electron chi connectivity index (χ0n) is 38.9. The SMILES string of the molecule is c1cc(-c2cc(-c3ccc4ccc5c(-c6cccc(-c7cccc8cccnc78)c6)c6ccc7ccccc7c6nc5c4c3)c3ncccc3c2)cc(-c2c3ccccc3nc3c2ccc2ccccc23)c1. The third kappa shape index (κ3) is 6.33. The summed E-state index contributed by atoms with van der Waals surface area (Å²) in [6.45, 7) is 0. The van der Waals surface area contributed by atoms with Crippen molar-refractivity contribution in [1.29, 1.82) is 0 Å². The zero-order chi connectivity index (χ0) is 47.3. The number of para-hydroxylation sites is 2. The van der Waals surface area contributed by atoms with E-state index in [0.29, 0.717) is 0 Å². The van der Waals surface area contributed by atoms with Gasteiger partial charge in [-0.2, -0.15) is 0 Å². The van der Waals surface area contributed by atoms with Gasteiger partial charge < -0.3 is 0 Å². The molecule has 0 fully saturated rings. The molecule has 11 aromatic carbocycles. The van der Waals surface area contributed by atoms with Gasteiger partial charge in [0.25, 0.3) is 0 Å². The Labute approximate surface area is 414 Å². The molecule has 0 saturated carbocycles. The number of aromatic nitrogens is 4. The molecule has 0 atom stereocenters. The number of rotatable bonds is 5. The van der Waals surface area contributed by atoms with E-state index >= 15 is 0 Å². The predicted octanol–water partition coefficient (Wildman–Crippen LogP) is 18.0. The second kappa shape index (κ2) is 16.0. The van der Waals surface area contributed by atoms with Crippen molar-refractivity contribution in [2.45, 2.75) is 0 Å². The number of hydrogen-bond donors (Lipinski definition) is 0. The molecule has 72 heavy (non-hydrogen) atoms. The second-order valence-electron chi connectivity index (χ2n) is 18.9. The lowest BCUT2D eigenvalue weighted by atomic mass is 9.89. The van der Waals surface area contributed by atoms with Crippen LogP contribution in [0, 0.1) is 0 Å². The first-order valence-corrected chi connectivity index (χ1v) is 24.5. The van der Waals surface area contributed by atoms with Crippen LogP contribution in [0.4, 0.5) is 0 Å². The third-order valence-electron chi connectivity index (χ3n) is 14.8. The lowest BCUT2D eigenvalue weighted by Crippen LogP contribution is -1.93. The first kappa shape index (κ1) is 40.3. The van der Waals surface area contributed by atoms with Gasteiger partial charge in [0.05, 0.1) is 33.1 Å². The zero-order valence-corrected chi connectivity index (χ0v) is 38.9. The Morgan fingerprint density at radius 3 is 1.46 bits per heavy atom. The van der Waals surface area contributed by atoms with E-state index in [4.69, 9.17) is 19.9 Å². The van der Waals surface area contributed by atoms with Crippen LogP contribution >= 0.6 is 0 Å². The topological polar surface area (TPSA) is 51.6 Å². The predicted molar refractivity (Wildman–Crippen MR) is 302 cm³/mol. The van der Waals surface area contributed by atoms with Crippen LogP contribution in [0.2, 0.25) is 0 Å². The van der Waals surface area contributed by atoms with Gasteiger partial charge in [-0.1, -0.05) is 182 Å². The van der Waals surface area contributed by atoms with Gasteiger partial charge in [-0.15, -0.1) is 0 Å². The van der Waals surface area contributed by atoms with Crippen LogP contribution in [0.25, 0.3) is 153 Å². The highest BCUT2D eigenvalue weighted by molar-refractivity contribution is 6.22. The van der Waals surface area contributed by atoms with Crippen LogP contribution in [0.15, 0.2) is 243 Å². The second-order valence-corrected chi connectivity index (χ2v) is 18.9. The molecule has 15 rings (SSSR count). The lowest BCUT2D eigenvalue weighted by Gasteiger charge is -2.17. The molecule has 0 N–H and O–H groups in total. The Balaban J connectivity index is 0.934. The maximum atomic E-state index is 5.67. The summed E-state index contributed by atoms with van der Waals surface area (Å²) in [6.07, 6.45) is 3.78. The molecular formula is C68H40N4. The summed E-state index contributed by atoms with van der Waals surface area (Å²) in [5.74, 6) is 0. The monoisotopic (exact) mass is 912 g/mol. The van der Waals surface area contributed by atoms with Crippen LogP contribution in [0.3, 0.4) is 0 Å². The fourth-order valence-electron chi connectivity index (χ4n) is 11.5. The van der Waals surface area contributed by atoms with Crippen LogP contribution in [-0.2, 0) is 0 Å². The Hall–Kier alpha value is -9.64. The molecule has 0 unspecified atom stereocenters. The molecule has 0 aliphatic rings. The number of nitrogens with zero attached hydrogens (tertiary/aromatic N) is 4. The molecule has 0 bridgehead atoms. The van der Waals surface area contributed by atoms with Gasteiger partial charge in [0.15, 0.2) is 0 Å². The Morgan fingerprint density at radius 2 is 0.722 bits per heavy atom. The summed E-state index contributed by atoms with van der Waals surface area (Å²) >= 11 is 0. The molecule has 0 aliphatic heterocycles. The minimum Gasteiger partial charge on any atom is -0.256 e. The van der Waals surface area contributed by atoms with E-state index in [1.54, 1.807) is 0 Å². The number of pyridine rings is 4. The van der Waals surface area contributed by atoms with Gasteiger partial charge in [-0.3, -0.25) is 9.97 Å². The third-order valence-corrected chi connectivity index (χ3v) is 14.8. The normalized spacial score (nSPS) is 11.9. The average molecular weight is 913 g/mol. The standard InChI is InChI=1S/C68H40N4/c1-3-21-52-41(12-1)28-31-56-62(55-23-5-6-25-61(55)71-66(52)56)48-17-7-15-45(36-48)51-38-50-20-11-35-70-65(50)60(40-51)47-27-26-43-30-33-58-63(49-18-8-16-46(37-49)54-24-9-14-44-19-10-34-69-64(44)54)57-32-29-42-13-2-4-22-53(42)67(57)72-68(58)59(43)39-47/h1-40H. The lowest BCUT2D eigenvalue weighted by molar-refractivity contribution is 1.41. The van der Waals surface area contributed by atoms with E-state index in [0.717, 1.165) is 137 Å². The fraction of sp³-hybridized carbons (Fsp3) is 0. The maximum Gasteiger partial charge on any atom is 0.0794 e. The maximum absolute atomic E-state index is 5.67. The molecule has 0 amide bonds. The van der Waals surface area contributed by atoms with Crippen molar-refractivity contribution >= 4 is 97.7 Å². The summed E-state index contributed by atoms with van der Waals surface area (Å²) in [6, 6.07) is 83.3. The summed E-state index contributed by atoms with van der Waals surface area (Å²) in [4.78, 5) is 20.8. The summed E-state index contributed by atoms with van der Waals surface area (Å²) < 4.78 is 0. The van der Waals surface area contributed by atoms with Crippen molar-refractivity contribution in [3.05, 3.63) is 243 Å². The molecule has 15 aromatic rings. The Bertz CT molecular complexity index is 4760. The molecule has 4 aromatic heterocycles. The van der Waals surface area contributed by atoms with E-state index in [9.17, 15) is 0 Å². The summed E-state index contributed by atoms with van der Waals surface area (Å²) in [7, 11) is 0. The van der Waals surface area contributed by atoms with Crippen LogP contribution in [-0.4, -0.2) is 19.9 Å². The van der Waals surface area contributed by atoms with Crippen molar-refractivity contribution in [2.24, 2.45) is 0 Å². The van der Waals surface area contributed by atoms with Crippen LogP contribution < -0.4 is 0 Å². The number of fused-ring (bicyclic) bond motifs is 12. The van der Waals surface area contributed by atoms with E-state index in [2.05, 4.69) is 218 Å². The highest BCUT2D eigenvalue weighted by atomic mass is 14.7. The van der Waals surface area contributed by atoms with Gasteiger partial charge in [0, 0.05) is 83.1 Å². The Kier molecular flexibility index (Phi) is 8.92. The summed E-state index contributed by atoms with van der Waals surface area (Å²) in [5.41, 5.74) is 17.2. The minimum absolute atomic E-state index is 0.958. The molecule has 4 heteroatoms. The minimum atomic E-state index is 0.958. The molecule has 332 valence electrons. The largest absolute Gasteiger partial charge is 0.256 e. The average Bonchev–Trinajstić information content (AvgIpc) is 3.45.